The molecule has 2 aromatic carbocycles. The minimum absolute atomic E-state index is 0.0533. The molecule has 1 aliphatic rings. The first-order chi connectivity index (χ1) is 20.6. The summed E-state index contributed by atoms with van der Waals surface area (Å²) in [6.07, 6.45) is -0.446. The number of para-hydroxylation sites is 1. The molecule has 5 rings (SSSR count). The molecule has 4 aromatic rings. The number of benzene rings is 2. The molecule has 44 heavy (non-hydrogen) atoms. The number of fused-ring (bicyclic) bond motifs is 1. The summed E-state index contributed by atoms with van der Waals surface area (Å²) in [6.45, 7) is 14.1. The molecule has 1 N–H and O–H groups in total. The number of ether oxygens (including phenoxy) is 1. The van der Waals surface area contributed by atoms with E-state index in [2.05, 4.69) is 9.97 Å². The van der Waals surface area contributed by atoms with E-state index in [1.807, 2.05) is 44.7 Å². The van der Waals surface area contributed by atoms with Crippen LogP contribution in [0.15, 0.2) is 53.3 Å². The van der Waals surface area contributed by atoms with Crippen LogP contribution in [-0.2, 0) is 10.2 Å². The number of hydrogen-bond acceptors (Lipinski definition) is 7. The van der Waals surface area contributed by atoms with Gasteiger partial charge >= 0.3 is 11.8 Å². The van der Waals surface area contributed by atoms with Gasteiger partial charge in [-0.2, -0.15) is 4.98 Å². The third-order valence-electron chi connectivity index (χ3n) is 7.53. The van der Waals surface area contributed by atoms with Crippen LogP contribution >= 0.6 is 0 Å². The summed E-state index contributed by atoms with van der Waals surface area (Å²) in [7, 11) is 0. The van der Waals surface area contributed by atoms with Gasteiger partial charge in [0.25, 0.3) is 0 Å². The Kier molecular flexibility index (Phi) is 7.86. The normalized spacial score (nSPS) is 16.0. The number of aromatic hydroxyl groups is 1. The zero-order valence-corrected chi connectivity index (χ0v) is 26.0. The molecule has 0 aliphatic carbocycles. The zero-order valence-electron chi connectivity index (χ0n) is 26.0. The summed E-state index contributed by atoms with van der Waals surface area (Å²) < 4.78 is 37.7. The smallest absolute Gasteiger partial charge is 0.410 e. The largest absolute Gasteiger partial charge is 0.507 e. The number of rotatable bonds is 3. The van der Waals surface area contributed by atoms with Gasteiger partial charge in [0.2, 0.25) is 0 Å². The van der Waals surface area contributed by atoms with Gasteiger partial charge in [0.05, 0.1) is 16.6 Å². The Bertz CT molecular complexity index is 1790. The molecule has 0 spiro atoms. The molecular weight excluding hydrogens is 568 g/mol. The highest BCUT2D eigenvalue weighted by Gasteiger charge is 2.33. The second-order valence-corrected chi connectivity index (χ2v) is 13.1. The maximum atomic E-state index is 15.9. The van der Waals surface area contributed by atoms with Crippen molar-refractivity contribution in [2.45, 2.75) is 65.5 Å². The molecule has 1 atom stereocenters. The summed E-state index contributed by atoms with van der Waals surface area (Å²) in [4.78, 5) is 39.1. The Balaban J connectivity index is 1.73. The van der Waals surface area contributed by atoms with Gasteiger partial charge in [0.15, 0.2) is 11.5 Å². The number of aromatic nitrogens is 3. The van der Waals surface area contributed by atoms with Gasteiger partial charge < -0.3 is 19.6 Å². The van der Waals surface area contributed by atoms with E-state index in [4.69, 9.17) is 4.74 Å². The molecule has 1 fully saturated rings. The number of phenolic OH excluding ortho intramolecular Hbond substituents is 1. The third kappa shape index (κ3) is 5.82. The van der Waals surface area contributed by atoms with Gasteiger partial charge in [0.1, 0.15) is 28.7 Å². The van der Waals surface area contributed by atoms with Crippen LogP contribution in [0.3, 0.4) is 0 Å². The average Bonchev–Trinajstić information content (AvgIpc) is 2.92. The number of halogens is 2. The van der Waals surface area contributed by atoms with Crippen LogP contribution in [0.5, 0.6) is 5.75 Å². The monoisotopic (exact) mass is 605 g/mol. The number of carbonyl (C=O) groups excluding carboxylic acids is 1. The minimum Gasteiger partial charge on any atom is -0.507 e. The van der Waals surface area contributed by atoms with Crippen LogP contribution in [0, 0.1) is 11.6 Å². The number of amides is 1. The first-order valence-electron chi connectivity index (χ1n) is 14.5. The average molecular weight is 606 g/mol. The molecule has 0 radical (unpaired) electrons. The Morgan fingerprint density at radius 2 is 1.68 bits per heavy atom. The minimum atomic E-state index is -0.893. The van der Waals surface area contributed by atoms with Crippen LogP contribution in [0.4, 0.5) is 19.4 Å². The molecule has 0 saturated carbocycles. The van der Waals surface area contributed by atoms with E-state index in [1.165, 1.54) is 22.8 Å². The molecule has 1 saturated heterocycles. The Hall–Kier alpha value is -4.54. The molecule has 11 heteroatoms. The SMILES string of the molecule is CC1CN(C(=O)OC(C)(C)C)CCN1c1nc(=O)n(-c2ccccc2C(C)(C)C)c2nc(-c3c(O)cccc3F)c(F)cc12. The van der Waals surface area contributed by atoms with E-state index >= 15 is 4.39 Å². The third-order valence-corrected chi connectivity index (χ3v) is 7.53. The number of anilines is 1. The Morgan fingerprint density at radius 3 is 2.32 bits per heavy atom. The summed E-state index contributed by atoms with van der Waals surface area (Å²) in [6, 6.07) is 11.8. The van der Waals surface area contributed by atoms with E-state index in [9.17, 15) is 19.1 Å². The molecule has 1 aliphatic heterocycles. The molecule has 1 unspecified atom stereocenters. The standard InChI is InChI=1S/C33H37F2N5O4/c1-19-18-38(31(43)44-33(5,6)7)15-16-39(19)28-20-17-23(35)27(26-22(34)12-10-14-25(26)41)36-29(20)40(30(42)37-28)24-13-9-8-11-21(24)32(2,3)4/h8-14,17,19,41H,15-16,18H2,1-7H3. The number of pyridine rings is 1. The molecule has 9 nitrogen and oxygen atoms in total. The first kappa shape index (κ1) is 30.9. The van der Waals surface area contributed by atoms with Crippen molar-refractivity contribution < 1.29 is 23.4 Å². The van der Waals surface area contributed by atoms with Gasteiger partial charge in [-0.1, -0.05) is 45.0 Å². The van der Waals surface area contributed by atoms with E-state index < -0.39 is 46.0 Å². The number of hydrogen-bond donors (Lipinski definition) is 1. The number of piperazine rings is 1. The van der Waals surface area contributed by atoms with Gasteiger partial charge in [-0.15, -0.1) is 0 Å². The van der Waals surface area contributed by atoms with Gasteiger partial charge in [-0.3, -0.25) is 0 Å². The predicted octanol–water partition coefficient (Wildman–Crippen LogP) is 6.17. The summed E-state index contributed by atoms with van der Waals surface area (Å²) in [5.74, 6) is -2.04. The van der Waals surface area contributed by atoms with Crippen molar-refractivity contribution in [2.24, 2.45) is 0 Å². The van der Waals surface area contributed by atoms with E-state index in [0.29, 0.717) is 12.2 Å². The predicted molar refractivity (Wildman–Crippen MR) is 165 cm³/mol. The van der Waals surface area contributed by atoms with Crippen molar-refractivity contribution >= 4 is 22.9 Å². The quantitative estimate of drug-likeness (QED) is 0.298. The second-order valence-electron chi connectivity index (χ2n) is 13.1. The van der Waals surface area contributed by atoms with Crippen molar-refractivity contribution in [3.63, 3.8) is 0 Å². The lowest BCUT2D eigenvalue weighted by atomic mass is 9.85. The fourth-order valence-corrected chi connectivity index (χ4v) is 5.53. The van der Waals surface area contributed by atoms with Crippen LogP contribution in [0.2, 0.25) is 0 Å². The maximum Gasteiger partial charge on any atom is 0.410 e. The Morgan fingerprint density at radius 1 is 0.977 bits per heavy atom. The van der Waals surface area contributed by atoms with Crippen LogP contribution < -0.4 is 10.6 Å². The molecule has 3 heterocycles. The summed E-state index contributed by atoms with van der Waals surface area (Å²) in [5, 5.41) is 10.7. The van der Waals surface area contributed by atoms with Crippen LogP contribution in [0.1, 0.15) is 54.0 Å². The van der Waals surface area contributed by atoms with E-state index in [-0.39, 0.29) is 41.4 Å². The van der Waals surface area contributed by atoms with E-state index in [1.54, 1.807) is 37.8 Å². The van der Waals surface area contributed by atoms with Crippen LogP contribution in [-0.4, -0.2) is 61.9 Å². The maximum absolute atomic E-state index is 15.9. The highest BCUT2D eigenvalue weighted by molar-refractivity contribution is 5.91. The number of carbonyl (C=O) groups is 1. The fraction of sp³-hybridized carbons (Fsp3) is 0.394. The molecule has 232 valence electrons. The fourth-order valence-electron chi connectivity index (χ4n) is 5.53. The summed E-state index contributed by atoms with van der Waals surface area (Å²) >= 11 is 0. The van der Waals surface area contributed by atoms with Crippen molar-refractivity contribution in [2.75, 3.05) is 24.5 Å². The lowest BCUT2D eigenvalue weighted by Crippen LogP contribution is -2.55. The van der Waals surface area contributed by atoms with E-state index in [0.717, 1.165) is 11.6 Å². The summed E-state index contributed by atoms with van der Waals surface area (Å²) in [5.41, 5.74) is -1.18. The van der Waals surface area contributed by atoms with Crippen molar-refractivity contribution in [3.05, 3.63) is 76.2 Å². The van der Waals surface area contributed by atoms with Crippen molar-refractivity contribution in [1.82, 2.24) is 19.4 Å². The highest BCUT2D eigenvalue weighted by atomic mass is 19.1. The molecular formula is C33H37F2N5O4. The van der Waals surface area contributed by atoms with Gasteiger partial charge in [-0.25, -0.2) is 27.9 Å². The first-order valence-corrected chi connectivity index (χ1v) is 14.5. The Labute approximate surface area is 254 Å². The second kappa shape index (κ2) is 11.2. The van der Waals surface area contributed by atoms with Gasteiger partial charge in [0, 0.05) is 25.7 Å². The topological polar surface area (TPSA) is 101 Å². The molecule has 2 aromatic heterocycles. The number of phenols is 1. The molecule has 0 bridgehead atoms. The van der Waals surface area contributed by atoms with Crippen molar-refractivity contribution in [3.8, 4) is 22.7 Å². The van der Waals surface area contributed by atoms with Crippen LogP contribution in [0.25, 0.3) is 28.0 Å². The highest BCUT2D eigenvalue weighted by Crippen LogP contribution is 2.37. The lowest BCUT2D eigenvalue weighted by molar-refractivity contribution is 0.0218. The zero-order chi connectivity index (χ0) is 32.1. The van der Waals surface area contributed by atoms with Crippen molar-refractivity contribution in [1.29, 1.82) is 0 Å². The van der Waals surface area contributed by atoms with Gasteiger partial charge in [-0.05, 0) is 62.9 Å². The molecule has 1 amide bonds. The lowest BCUT2D eigenvalue weighted by Gasteiger charge is -2.41. The number of nitrogens with zero attached hydrogens (tertiary/aromatic N) is 5.